The maximum absolute atomic E-state index is 13.2. The minimum atomic E-state index is -0.304. The summed E-state index contributed by atoms with van der Waals surface area (Å²) in [4.78, 5) is 3.90. The molecule has 3 aromatic rings. The number of hydrogen-bond acceptors (Lipinski definition) is 2. The normalized spacial score (nSPS) is 12.7. The van der Waals surface area contributed by atoms with Crippen molar-refractivity contribution in [1.29, 1.82) is 0 Å². The molecule has 1 aromatic carbocycles. The van der Waals surface area contributed by atoms with E-state index in [0.717, 1.165) is 17.5 Å². The lowest BCUT2D eigenvalue weighted by Crippen LogP contribution is -2.17. The van der Waals surface area contributed by atoms with E-state index in [4.69, 9.17) is 5.73 Å². The minimum absolute atomic E-state index is 0.131. The Morgan fingerprint density at radius 3 is 2.90 bits per heavy atom. The largest absolute Gasteiger partial charge is 0.343 e. The standard InChI is InChI=1S/C17H18FN3/c1-12(19)7-14-3-2-4-17-16(14)5-6-21(17)11-13-8-15(18)10-20-9-13/h2-6,8-10,12H,7,11,19H2,1H3. The molecule has 0 aliphatic carbocycles. The van der Waals surface area contributed by atoms with Crippen LogP contribution in [0.2, 0.25) is 0 Å². The summed E-state index contributed by atoms with van der Waals surface area (Å²) in [5.74, 6) is -0.304. The molecule has 3 rings (SSSR count). The van der Waals surface area contributed by atoms with Crippen molar-refractivity contribution in [2.75, 3.05) is 0 Å². The van der Waals surface area contributed by atoms with Crippen LogP contribution in [-0.2, 0) is 13.0 Å². The highest BCUT2D eigenvalue weighted by Crippen LogP contribution is 2.22. The fourth-order valence-electron chi connectivity index (χ4n) is 2.69. The molecule has 2 N–H and O–H groups in total. The number of benzene rings is 1. The van der Waals surface area contributed by atoms with Crippen LogP contribution in [0.25, 0.3) is 10.9 Å². The lowest BCUT2D eigenvalue weighted by Gasteiger charge is -2.09. The third-order valence-corrected chi connectivity index (χ3v) is 3.56. The van der Waals surface area contributed by atoms with Gasteiger partial charge in [0.05, 0.1) is 6.20 Å². The Morgan fingerprint density at radius 1 is 1.29 bits per heavy atom. The number of nitrogens with zero attached hydrogens (tertiary/aromatic N) is 2. The first-order valence-electron chi connectivity index (χ1n) is 7.05. The van der Waals surface area contributed by atoms with Crippen molar-refractivity contribution in [1.82, 2.24) is 9.55 Å². The van der Waals surface area contributed by atoms with Gasteiger partial charge in [-0.05, 0) is 42.7 Å². The Balaban J connectivity index is 1.97. The molecule has 0 aliphatic rings. The number of rotatable bonds is 4. The molecule has 0 aliphatic heterocycles. The Bertz CT molecular complexity index is 762. The zero-order chi connectivity index (χ0) is 14.8. The second-order valence-corrected chi connectivity index (χ2v) is 5.49. The molecule has 4 heteroatoms. The summed E-state index contributed by atoms with van der Waals surface area (Å²) >= 11 is 0. The molecule has 3 nitrogen and oxygen atoms in total. The average Bonchev–Trinajstić information content (AvgIpc) is 2.83. The van der Waals surface area contributed by atoms with Crippen molar-refractivity contribution < 1.29 is 4.39 Å². The third-order valence-electron chi connectivity index (χ3n) is 3.56. The first-order valence-corrected chi connectivity index (χ1v) is 7.05. The molecule has 1 atom stereocenters. The molecule has 0 spiro atoms. The van der Waals surface area contributed by atoms with Gasteiger partial charge >= 0.3 is 0 Å². The number of pyridine rings is 1. The molecule has 0 radical (unpaired) electrons. The van der Waals surface area contributed by atoms with E-state index in [0.29, 0.717) is 6.54 Å². The summed E-state index contributed by atoms with van der Waals surface area (Å²) in [5.41, 5.74) is 9.14. The Morgan fingerprint density at radius 2 is 2.14 bits per heavy atom. The molecule has 0 fully saturated rings. The van der Waals surface area contributed by atoms with E-state index in [2.05, 4.69) is 27.8 Å². The summed E-state index contributed by atoms with van der Waals surface area (Å²) in [6.45, 7) is 2.62. The van der Waals surface area contributed by atoms with Crippen molar-refractivity contribution in [3.05, 3.63) is 65.9 Å². The zero-order valence-electron chi connectivity index (χ0n) is 12.0. The first kappa shape index (κ1) is 13.8. The fraction of sp³-hybridized carbons (Fsp3) is 0.235. The predicted molar refractivity (Wildman–Crippen MR) is 82.6 cm³/mol. The van der Waals surface area contributed by atoms with E-state index < -0.39 is 0 Å². The monoisotopic (exact) mass is 283 g/mol. The molecular formula is C17H18FN3. The van der Waals surface area contributed by atoms with Crippen LogP contribution in [0.5, 0.6) is 0 Å². The van der Waals surface area contributed by atoms with Gasteiger partial charge in [-0.25, -0.2) is 4.39 Å². The number of aromatic nitrogens is 2. The highest BCUT2D eigenvalue weighted by atomic mass is 19.1. The van der Waals surface area contributed by atoms with E-state index in [1.54, 1.807) is 6.20 Å². The summed E-state index contributed by atoms with van der Waals surface area (Å²) in [6, 6.07) is 9.98. The van der Waals surface area contributed by atoms with Crippen molar-refractivity contribution in [2.24, 2.45) is 5.73 Å². The van der Waals surface area contributed by atoms with Crippen LogP contribution in [0, 0.1) is 5.82 Å². The Labute approximate surface area is 123 Å². The Kier molecular flexibility index (Phi) is 3.71. The summed E-state index contributed by atoms with van der Waals surface area (Å²) < 4.78 is 15.3. The molecule has 0 saturated carbocycles. The van der Waals surface area contributed by atoms with Crippen molar-refractivity contribution >= 4 is 10.9 Å². The quantitative estimate of drug-likeness (QED) is 0.799. The van der Waals surface area contributed by atoms with Crippen LogP contribution in [0.15, 0.2) is 48.9 Å². The molecular weight excluding hydrogens is 265 g/mol. The van der Waals surface area contributed by atoms with Crippen LogP contribution < -0.4 is 5.73 Å². The van der Waals surface area contributed by atoms with E-state index >= 15 is 0 Å². The Hall–Kier alpha value is -2.20. The molecule has 0 amide bonds. The molecule has 1 unspecified atom stereocenters. The maximum Gasteiger partial charge on any atom is 0.141 e. The smallest absolute Gasteiger partial charge is 0.141 e. The summed E-state index contributed by atoms with van der Waals surface area (Å²) in [7, 11) is 0. The van der Waals surface area contributed by atoms with Gasteiger partial charge in [-0.1, -0.05) is 12.1 Å². The van der Waals surface area contributed by atoms with Gasteiger partial charge in [0.25, 0.3) is 0 Å². The van der Waals surface area contributed by atoms with Gasteiger partial charge in [0.15, 0.2) is 0 Å². The van der Waals surface area contributed by atoms with Crippen molar-refractivity contribution in [3.8, 4) is 0 Å². The molecule has 2 heterocycles. The lowest BCUT2D eigenvalue weighted by molar-refractivity contribution is 0.617. The predicted octanol–water partition coefficient (Wildman–Crippen LogP) is 3.11. The number of hydrogen-bond donors (Lipinski definition) is 1. The van der Waals surface area contributed by atoms with Crippen LogP contribution in [0.3, 0.4) is 0 Å². The van der Waals surface area contributed by atoms with Crippen molar-refractivity contribution in [3.63, 3.8) is 0 Å². The van der Waals surface area contributed by atoms with E-state index in [1.807, 2.05) is 19.2 Å². The molecule has 2 aromatic heterocycles. The lowest BCUT2D eigenvalue weighted by atomic mass is 10.0. The highest BCUT2D eigenvalue weighted by molar-refractivity contribution is 5.83. The second-order valence-electron chi connectivity index (χ2n) is 5.49. The molecule has 108 valence electrons. The summed E-state index contributed by atoms with van der Waals surface area (Å²) in [6.07, 6.45) is 5.79. The van der Waals surface area contributed by atoms with E-state index in [9.17, 15) is 4.39 Å². The second kappa shape index (κ2) is 5.66. The van der Waals surface area contributed by atoms with E-state index in [-0.39, 0.29) is 11.9 Å². The van der Waals surface area contributed by atoms with Gasteiger partial charge < -0.3 is 10.3 Å². The van der Waals surface area contributed by atoms with Crippen molar-refractivity contribution in [2.45, 2.75) is 25.9 Å². The highest BCUT2D eigenvalue weighted by Gasteiger charge is 2.08. The van der Waals surface area contributed by atoms with Gasteiger partial charge in [-0.15, -0.1) is 0 Å². The minimum Gasteiger partial charge on any atom is -0.343 e. The summed E-state index contributed by atoms with van der Waals surface area (Å²) in [5, 5.41) is 1.21. The SMILES string of the molecule is CC(N)Cc1cccc2c1ccn2Cc1cncc(F)c1. The third kappa shape index (κ3) is 2.95. The van der Waals surface area contributed by atoms with Gasteiger partial charge in [-0.3, -0.25) is 4.98 Å². The topological polar surface area (TPSA) is 43.8 Å². The zero-order valence-corrected chi connectivity index (χ0v) is 12.0. The van der Waals surface area contributed by atoms with E-state index in [1.165, 1.54) is 23.2 Å². The van der Waals surface area contributed by atoms with Gasteiger partial charge in [0.2, 0.25) is 0 Å². The van der Waals surface area contributed by atoms with Gasteiger partial charge in [-0.2, -0.15) is 0 Å². The van der Waals surface area contributed by atoms with Crippen LogP contribution in [-0.4, -0.2) is 15.6 Å². The van der Waals surface area contributed by atoms with Crippen LogP contribution in [0.4, 0.5) is 4.39 Å². The first-order chi connectivity index (χ1) is 10.1. The molecule has 21 heavy (non-hydrogen) atoms. The van der Waals surface area contributed by atoms with Gasteiger partial charge in [0.1, 0.15) is 5.82 Å². The fourth-order valence-corrected chi connectivity index (χ4v) is 2.69. The number of fused-ring (bicyclic) bond motifs is 1. The van der Waals surface area contributed by atoms with Crippen LogP contribution in [0.1, 0.15) is 18.1 Å². The molecule has 0 saturated heterocycles. The molecule has 0 bridgehead atoms. The maximum atomic E-state index is 13.2. The number of nitrogens with two attached hydrogens (primary N) is 1. The van der Waals surface area contributed by atoms with Gasteiger partial charge in [0, 0.05) is 35.9 Å². The van der Waals surface area contributed by atoms with Crippen LogP contribution >= 0.6 is 0 Å². The number of halogens is 1. The average molecular weight is 283 g/mol.